The Kier molecular flexibility index (Phi) is 10.7. The van der Waals surface area contributed by atoms with Gasteiger partial charge in [0.1, 0.15) is 6.33 Å². The highest BCUT2D eigenvalue weighted by atomic mass is 31.2. The summed E-state index contributed by atoms with van der Waals surface area (Å²) in [7, 11) is -3.31. The minimum atomic E-state index is -3.31. The Morgan fingerprint density at radius 3 is 2.48 bits per heavy atom. The highest BCUT2D eigenvalue weighted by molar-refractivity contribution is 7.52. The molecule has 1 fully saturated rings. The molecule has 0 bridgehead atoms. The molecule has 0 aliphatic carbocycles. The molecule has 1 aliphatic rings. The summed E-state index contributed by atoms with van der Waals surface area (Å²) in [4.78, 5) is 32.4. The van der Waals surface area contributed by atoms with Gasteiger partial charge in [0, 0.05) is 30.2 Å². The van der Waals surface area contributed by atoms with Crippen molar-refractivity contribution >= 4 is 36.0 Å². The van der Waals surface area contributed by atoms with Gasteiger partial charge in [-0.1, -0.05) is 50.2 Å². The van der Waals surface area contributed by atoms with Gasteiger partial charge in [-0.25, -0.2) is 9.50 Å². The molecule has 12 heteroatoms. The summed E-state index contributed by atoms with van der Waals surface area (Å²) in [6.45, 7) is 12.1. The number of carbonyl (C=O) groups excluding carboxylic acids is 2. The third kappa shape index (κ3) is 7.61. The van der Waals surface area contributed by atoms with Crippen molar-refractivity contribution in [3.05, 3.63) is 88.9 Å². The normalized spacial score (nSPS) is 15.6. The molecule has 1 atom stereocenters. The first kappa shape index (κ1) is 35.7. The number of fused-ring (bicyclic) bond motifs is 2. The summed E-state index contributed by atoms with van der Waals surface area (Å²) < 4.78 is 28.0. The van der Waals surface area contributed by atoms with E-state index >= 15 is 0 Å². The second-order valence-electron chi connectivity index (χ2n) is 13.7. The number of carbonyl (C=O) groups is 2. The average molecular weight is 699 g/mol. The Hall–Kier alpha value is -4.15. The zero-order valence-corrected chi connectivity index (χ0v) is 30.5. The number of primary amides is 1. The lowest BCUT2D eigenvalue weighted by atomic mass is 9.87. The van der Waals surface area contributed by atoms with E-state index in [2.05, 4.69) is 54.0 Å². The summed E-state index contributed by atoms with van der Waals surface area (Å²) in [6, 6.07) is 16.0. The van der Waals surface area contributed by atoms with Gasteiger partial charge in [-0.15, -0.1) is 0 Å². The fourth-order valence-electron chi connectivity index (χ4n) is 7.15. The number of rotatable bonds is 13. The van der Waals surface area contributed by atoms with Crippen molar-refractivity contribution in [3.63, 3.8) is 0 Å². The second kappa shape index (κ2) is 15.0. The number of likely N-dealkylation sites (tertiary alicyclic amines) is 1. The first-order valence-corrected chi connectivity index (χ1v) is 19.3. The number of aryl methyl sites for hydroxylation is 1. The van der Waals surface area contributed by atoms with E-state index in [0.717, 1.165) is 76.0 Å². The smallest absolute Gasteiger partial charge is 0.327 e. The highest BCUT2D eigenvalue weighted by Crippen LogP contribution is 2.45. The van der Waals surface area contributed by atoms with Gasteiger partial charge in [0.15, 0.2) is 5.65 Å². The summed E-state index contributed by atoms with van der Waals surface area (Å²) in [5.41, 5.74) is 14.2. The second-order valence-corrected chi connectivity index (χ2v) is 15.8. The maximum absolute atomic E-state index is 14.4. The number of nitrogens with two attached hydrogens (primary N) is 1. The van der Waals surface area contributed by atoms with Crippen LogP contribution in [0.5, 0.6) is 0 Å². The summed E-state index contributed by atoms with van der Waals surface area (Å²) in [6.07, 6.45) is 5.96. The zero-order valence-electron chi connectivity index (χ0n) is 29.6. The Morgan fingerprint density at radius 2 is 1.78 bits per heavy atom. The van der Waals surface area contributed by atoms with Crippen LogP contribution in [0.3, 0.4) is 0 Å². The molecule has 2 aromatic carbocycles. The summed E-state index contributed by atoms with van der Waals surface area (Å²) in [5, 5.41) is 5.51. The van der Waals surface area contributed by atoms with Crippen molar-refractivity contribution in [2.75, 3.05) is 32.9 Å². The topological polar surface area (TPSA) is 134 Å². The lowest BCUT2D eigenvalue weighted by Gasteiger charge is -2.31. The Morgan fingerprint density at radius 1 is 1.04 bits per heavy atom. The standard InChI is InChI=1S/C38H47N6O5P/c1-25(2)36-31-20-30(29-15-17-42(18-16-29)22-34(39)45)13-14-33(31)44(37(36)32-21-43-38(40-24-41-43)27(4)26(32)3)35(46)12-9-19-48-50(5,47)49-23-28-10-7-6-8-11-28/h6-8,10-11,13-14,20-21,24-25,29H,9,12,15-19,22-23H2,1-5H3,(H2,39,45). The van der Waals surface area contributed by atoms with Crippen LogP contribution >= 0.6 is 7.60 Å². The summed E-state index contributed by atoms with van der Waals surface area (Å²) in [5.74, 6) is 0.0788. The van der Waals surface area contributed by atoms with E-state index in [1.54, 1.807) is 10.8 Å². The van der Waals surface area contributed by atoms with Crippen molar-refractivity contribution < 1.29 is 23.2 Å². The quantitative estimate of drug-likeness (QED) is 0.101. The molecule has 2 N–H and O–H groups in total. The van der Waals surface area contributed by atoms with E-state index in [4.69, 9.17) is 14.8 Å². The van der Waals surface area contributed by atoms with Gasteiger partial charge >= 0.3 is 7.60 Å². The number of pyridine rings is 1. The van der Waals surface area contributed by atoms with Crippen molar-refractivity contribution in [3.8, 4) is 11.3 Å². The molecular weight excluding hydrogens is 651 g/mol. The highest BCUT2D eigenvalue weighted by Gasteiger charge is 2.29. The van der Waals surface area contributed by atoms with Crippen molar-refractivity contribution in [1.82, 2.24) is 24.1 Å². The fourth-order valence-corrected chi connectivity index (χ4v) is 8.07. The first-order chi connectivity index (χ1) is 23.9. The molecule has 5 aromatic rings. The van der Waals surface area contributed by atoms with E-state index in [9.17, 15) is 14.2 Å². The lowest BCUT2D eigenvalue weighted by molar-refractivity contribution is -0.119. The lowest BCUT2D eigenvalue weighted by Crippen LogP contribution is -2.39. The van der Waals surface area contributed by atoms with Gasteiger partial charge in [0.05, 0.1) is 31.0 Å². The minimum absolute atomic E-state index is 0.0695. The molecule has 4 heterocycles. The van der Waals surface area contributed by atoms with Gasteiger partial charge in [-0.2, -0.15) is 5.10 Å². The minimum Gasteiger partial charge on any atom is -0.369 e. The maximum atomic E-state index is 14.4. The number of aromatic nitrogens is 4. The van der Waals surface area contributed by atoms with Gasteiger partial charge in [-0.3, -0.25) is 23.6 Å². The summed E-state index contributed by atoms with van der Waals surface area (Å²) >= 11 is 0. The molecular formula is C38H47N6O5P. The largest absolute Gasteiger partial charge is 0.369 e. The molecule has 1 amide bonds. The van der Waals surface area contributed by atoms with Crippen LogP contribution in [0.15, 0.2) is 61.1 Å². The van der Waals surface area contributed by atoms with Crippen LogP contribution in [-0.4, -0.2) is 68.8 Å². The number of piperidine rings is 1. The van der Waals surface area contributed by atoms with Gasteiger partial charge in [-0.05, 0) is 98.0 Å². The molecule has 264 valence electrons. The van der Waals surface area contributed by atoms with Gasteiger partial charge in [0.2, 0.25) is 11.8 Å². The Balaban J connectivity index is 1.32. The molecule has 0 spiro atoms. The van der Waals surface area contributed by atoms with E-state index in [1.807, 2.05) is 48.0 Å². The molecule has 0 saturated carbocycles. The number of nitrogens with zero attached hydrogens (tertiary/aromatic N) is 5. The fraction of sp³-hybridized carbons (Fsp3) is 0.421. The van der Waals surface area contributed by atoms with Crippen LogP contribution in [-0.2, 0) is 25.0 Å². The predicted octanol–water partition coefficient (Wildman–Crippen LogP) is 7.23. The molecule has 1 unspecified atom stereocenters. The van der Waals surface area contributed by atoms with E-state index in [-0.39, 0.29) is 43.9 Å². The van der Waals surface area contributed by atoms with Crippen molar-refractivity contribution in [2.24, 2.45) is 5.73 Å². The number of hydrogen-bond acceptors (Lipinski definition) is 8. The average Bonchev–Trinajstić information content (AvgIpc) is 3.70. The molecule has 1 aliphatic heterocycles. The van der Waals surface area contributed by atoms with Crippen LogP contribution < -0.4 is 5.73 Å². The third-order valence-electron chi connectivity index (χ3n) is 9.85. The molecule has 50 heavy (non-hydrogen) atoms. The van der Waals surface area contributed by atoms with Crippen LogP contribution in [0, 0.1) is 13.8 Å². The van der Waals surface area contributed by atoms with E-state index in [0.29, 0.717) is 12.3 Å². The van der Waals surface area contributed by atoms with Crippen LogP contribution in [0.25, 0.3) is 27.8 Å². The predicted molar refractivity (Wildman–Crippen MR) is 196 cm³/mol. The third-order valence-corrected chi connectivity index (χ3v) is 11.1. The number of amides is 1. The van der Waals surface area contributed by atoms with E-state index in [1.165, 1.54) is 12.2 Å². The van der Waals surface area contributed by atoms with Gasteiger partial charge in [0.25, 0.3) is 0 Å². The van der Waals surface area contributed by atoms with Crippen molar-refractivity contribution in [1.29, 1.82) is 0 Å². The number of hydrogen-bond donors (Lipinski definition) is 1. The van der Waals surface area contributed by atoms with Crippen LogP contribution in [0.2, 0.25) is 0 Å². The zero-order chi connectivity index (χ0) is 35.6. The van der Waals surface area contributed by atoms with Crippen LogP contribution in [0.4, 0.5) is 0 Å². The molecule has 6 rings (SSSR count). The maximum Gasteiger partial charge on any atom is 0.327 e. The van der Waals surface area contributed by atoms with Crippen LogP contribution in [0.1, 0.15) is 84.0 Å². The Bertz CT molecular complexity index is 2060. The molecule has 1 saturated heterocycles. The molecule has 3 aromatic heterocycles. The number of benzene rings is 2. The molecule has 11 nitrogen and oxygen atoms in total. The van der Waals surface area contributed by atoms with Gasteiger partial charge < -0.3 is 14.8 Å². The Labute approximate surface area is 293 Å². The molecule has 0 radical (unpaired) electrons. The van der Waals surface area contributed by atoms with E-state index < -0.39 is 7.60 Å². The first-order valence-electron chi connectivity index (χ1n) is 17.4. The van der Waals surface area contributed by atoms with Crippen molar-refractivity contribution in [2.45, 2.75) is 71.8 Å². The SMILES string of the molecule is Cc1c(-c2c(C(C)C)c3cc(C4CCN(CC(N)=O)CC4)ccc3n2C(=O)CCCOP(C)(=O)OCc2ccccc2)cn2ncnc2c1C. The monoisotopic (exact) mass is 698 g/mol.